The van der Waals surface area contributed by atoms with Crippen LogP contribution < -0.4 is 5.32 Å². The third-order valence-electron chi connectivity index (χ3n) is 1.58. The van der Waals surface area contributed by atoms with Gasteiger partial charge in [0.1, 0.15) is 0 Å². The number of esters is 1. The maximum atomic E-state index is 11.0. The van der Waals surface area contributed by atoms with Gasteiger partial charge in [-0.2, -0.15) is 11.8 Å². The van der Waals surface area contributed by atoms with Crippen molar-refractivity contribution in [3.63, 3.8) is 0 Å². The molecule has 1 atom stereocenters. The summed E-state index contributed by atoms with van der Waals surface area (Å²) in [5.41, 5.74) is 0. The fraction of sp³-hybridized carbons (Fsp3) is 0.889. The average molecular weight is 205 g/mol. The fourth-order valence-electron chi connectivity index (χ4n) is 1.12. The Balaban J connectivity index is 3.86. The lowest BCUT2D eigenvalue weighted by Crippen LogP contribution is -2.38. The molecule has 0 bridgehead atoms. The van der Waals surface area contributed by atoms with Crippen molar-refractivity contribution in [3.8, 4) is 0 Å². The molecule has 0 aromatic carbocycles. The Morgan fingerprint density at radius 3 is 2.54 bits per heavy atom. The van der Waals surface area contributed by atoms with Crippen molar-refractivity contribution in [3.05, 3.63) is 0 Å². The molecule has 0 saturated heterocycles. The van der Waals surface area contributed by atoms with Crippen LogP contribution in [0.15, 0.2) is 0 Å². The highest BCUT2D eigenvalue weighted by Gasteiger charge is 2.13. The molecule has 1 N–H and O–H groups in total. The number of ether oxygens (including phenoxy) is 1. The molecule has 78 valence electrons. The van der Waals surface area contributed by atoms with Crippen molar-refractivity contribution >= 4 is 17.7 Å². The van der Waals surface area contributed by atoms with E-state index in [-0.39, 0.29) is 12.0 Å². The van der Waals surface area contributed by atoms with Gasteiger partial charge >= 0.3 is 5.97 Å². The van der Waals surface area contributed by atoms with Crippen LogP contribution in [-0.2, 0) is 9.53 Å². The molecule has 13 heavy (non-hydrogen) atoms. The van der Waals surface area contributed by atoms with Crippen molar-refractivity contribution in [1.29, 1.82) is 0 Å². The van der Waals surface area contributed by atoms with Gasteiger partial charge in [0.15, 0.2) is 0 Å². The number of carbonyl (C=O) groups is 1. The van der Waals surface area contributed by atoms with E-state index in [9.17, 15) is 4.79 Å². The van der Waals surface area contributed by atoms with E-state index in [1.165, 1.54) is 7.11 Å². The first-order valence-corrected chi connectivity index (χ1v) is 5.81. The summed E-state index contributed by atoms with van der Waals surface area (Å²) in [4.78, 5) is 11.0. The van der Waals surface area contributed by atoms with Crippen molar-refractivity contribution in [2.24, 2.45) is 0 Å². The molecule has 0 fully saturated rings. The Morgan fingerprint density at radius 1 is 1.54 bits per heavy atom. The Kier molecular flexibility index (Phi) is 7.09. The molecule has 4 heteroatoms. The van der Waals surface area contributed by atoms with Gasteiger partial charge in [-0.25, -0.2) is 0 Å². The number of carbonyl (C=O) groups excluding carboxylic acids is 1. The second kappa shape index (κ2) is 7.21. The van der Waals surface area contributed by atoms with Crippen molar-refractivity contribution < 1.29 is 9.53 Å². The molecule has 1 unspecified atom stereocenters. The lowest BCUT2D eigenvalue weighted by Gasteiger charge is -2.19. The zero-order chi connectivity index (χ0) is 10.3. The molecule has 0 spiro atoms. The maximum Gasteiger partial charge on any atom is 0.307 e. The molecular weight excluding hydrogens is 186 g/mol. The predicted octanol–water partition coefficient (Wildman–Crippen LogP) is 1.28. The highest BCUT2D eigenvalue weighted by molar-refractivity contribution is 7.98. The minimum atomic E-state index is -0.146. The van der Waals surface area contributed by atoms with Gasteiger partial charge in [0.25, 0.3) is 0 Å². The van der Waals surface area contributed by atoms with Crippen LogP contribution in [0.4, 0.5) is 0 Å². The Hall–Kier alpha value is -0.220. The van der Waals surface area contributed by atoms with Gasteiger partial charge in [0.05, 0.1) is 13.5 Å². The lowest BCUT2D eigenvalue weighted by molar-refractivity contribution is -0.141. The Bertz CT molecular complexity index is 151. The van der Waals surface area contributed by atoms with Crippen LogP contribution in [0.5, 0.6) is 0 Å². The molecule has 0 rings (SSSR count). The number of hydrogen-bond acceptors (Lipinski definition) is 4. The van der Waals surface area contributed by atoms with E-state index in [1.807, 2.05) is 6.26 Å². The highest BCUT2D eigenvalue weighted by Crippen LogP contribution is 2.03. The van der Waals surface area contributed by atoms with E-state index in [1.54, 1.807) is 11.8 Å². The molecule has 0 aliphatic rings. The largest absolute Gasteiger partial charge is 0.469 e. The summed E-state index contributed by atoms with van der Waals surface area (Å²) in [7, 11) is 1.42. The summed E-state index contributed by atoms with van der Waals surface area (Å²) >= 11 is 1.73. The number of rotatable bonds is 6. The SMILES string of the molecule is COC(=O)CC(CSC)NC(C)C. The van der Waals surface area contributed by atoms with Crippen molar-refractivity contribution in [2.75, 3.05) is 19.1 Å². The normalized spacial score (nSPS) is 13.0. The smallest absolute Gasteiger partial charge is 0.307 e. The summed E-state index contributed by atoms with van der Waals surface area (Å²) in [5, 5.41) is 3.32. The molecule has 0 radical (unpaired) electrons. The van der Waals surface area contributed by atoms with E-state index < -0.39 is 0 Å². The molecule has 3 nitrogen and oxygen atoms in total. The van der Waals surface area contributed by atoms with Crippen molar-refractivity contribution in [2.45, 2.75) is 32.4 Å². The summed E-state index contributed by atoms with van der Waals surface area (Å²) < 4.78 is 4.62. The quantitative estimate of drug-likeness (QED) is 0.663. The van der Waals surface area contributed by atoms with E-state index in [0.717, 1.165) is 5.75 Å². The van der Waals surface area contributed by atoms with Crippen LogP contribution in [0.3, 0.4) is 0 Å². The zero-order valence-corrected chi connectivity index (χ0v) is 9.61. The van der Waals surface area contributed by atoms with E-state index in [4.69, 9.17) is 0 Å². The van der Waals surface area contributed by atoms with Gasteiger partial charge in [0.2, 0.25) is 0 Å². The first-order chi connectivity index (χ1) is 6.10. The fourth-order valence-corrected chi connectivity index (χ4v) is 1.74. The summed E-state index contributed by atoms with van der Waals surface area (Å²) in [5.74, 6) is 0.792. The third-order valence-corrected chi connectivity index (χ3v) is 2.31. The van der Waals surface area contributed by atoms with Crippen LogP contribution >= 0.6 is 11.8 Å². The number of methoxy groups -OCH3 is 1. The Labute approximate surface area is 84.6 Å². The molecule has 0 aromatic rings. The van der Waals surface area contributed by atoms with Gasteiger partial charge in [-0.1, -0.05) is 13.8 Å². The number of thioether (sulfide) groups is 1. The molecule has 0 aliphatic heterocycles. The standard InChI is InChI=1S/C9H19NO2S/c1-7(2)10-8(6-13-4)5-9(11)12-3/h7-8,10H,5-6H2,1-4H3. The molecule has 0 saturated carbocycles. The molecule has 0 aliphatic carbocycles. The minimum Gasteiger partial charge on any atom is -0.469 e. The van der Waals surface area contributed by atoms with Crippen LogP contribution in [-0.4, -0.2) is 37.2 Å². The first kappa shape index (κ1) is 12.8. The zero-order valence-electron chi connectivity index (χ0n) is 8.79. The van der Waals surface area contributed by atoms with Gasteiger partial charge in [-0.15, -0.1) is 0 Å². The van der Waals surface area contributed by atoms with Gasteiger partial charge in [0, 0.05) is 17.8 Å². The summed E-state index contributed by atoms with van der Waals surface area (Å²) in [6, 6.07) is 0.629. The van der Waals surface area contributed by atoms with E-state index >= 15 is 0 Å². The second-order valence-electron chi connectivity index (χ2n) is 3.25. The van der Waals surface area contributed by atoms with E-state index in [2.05, 4.69) is 23.9 Å². The molecule has 0 aromatic heterocycles. The molecule has 0 heterocycles. The highest BCUT2D eigenvalue weighted by atomic mass is 32.2. The first-order valence-electron chi connectivity index (χ1n) is 4.42. The van der Waals surface area contributed by atoms with Gasteiger partial charge in [-0.05, 0) is 6.26 Å². The van der Waals surface area contributed by atoms with Crippen molar-refractivity contribution in [1.82, 2.24) is 5.32 Å². The number of nitrogens with one attached hydrogen (secondary N) is 1. The van der Waals surface area contributed by atoms with Crippen LogP contribution in [0.25, 0.3) is 0 Å². The lowest BCUT2D eigenvalue weighted by atomic mass is 10.2. The Morgan fingerprint density at radius 2 is 2.15 bits per heavy atom. The van der Waals surface area contributed by atoms with Gasteiger partial charge in [-0.3, -0.25) is 4.79 Å². The second-order valence-corrected chi connectivity index (χ2v) is 4.16. The van der Waals surface area contributed by atoms with Crippen LogP contribution in [0, 0.1) is 0 Å². The molecular formula is C9H19NO2S. The average Bonchev–Trinajstić information content (AvgIpc) is 2.03. The molecule has 0 amide bonds. The summed E-state index contributed by atoms with van der Waals surface area (Å²) in [6.45, 7) is 4.15. The monoisotopic (exact) mass is 205 g/mol. The topological polar surface area (TPSA) is 38.3 Å². The summed E-state index contributed by atoms with van der Waals surface area (Å²) in [6.07, 6.45) is 2.49. The van der Waals surface area contributed by atoms with E-state index in [0.29, 0.717) is 12.5 Å². The minimum absolute atomic E-state index is 0.146. The maximum absolute atomic E-state index is 11.0. The predicted molar refractivity (Wildman–Crippen MR) is 57.1 cm³/mol. The van der Waals surface area contributed by atoms with Crippen LogP contribution in [0.2, 0.25) is 0 Å². The third kappa shape index (κ3) is 6.90. The number of hydrogen-bond donors (Lipinski definition) is 1. The van der Waals surface area contributed by atoms with Crippen LogP contribution in [0.1, 0.15) is 20.3 Å². The van der Waals surface area contributed by atoms with Gasteiger partial charge < -0.3 is 10.1 Å².